The zero-order valence-electron chi connectivity index (χ0n) is 17.3. The van der Waals surface area contributed by atoms with Crippen LogP contribution in [0.2, 0.25) is 0 Å². The molecule has 1 saturated carbocycles. The van der Waals surface area contributed by atoms with E-state index in [-0.39, 0.29) is 17.9 Å². The fraction of sp³-hybridized carbons (Fsp3) is 0.417. The normalized spacial score (nSPS) is 16.0. The summed E-state index contributed by atoms with van der Waals surface area (Å²) in [5.41, 5.74) is 3.06. The van der Waals surface area contributed by atoms with Crippen LogP contribution in [0.4, 0.5) is 0 Å². The Morgan fingerprint density at radius 2 is 1.72 bits per heavy atom. The number of amides is 2. The third-order valence-electron chi connectivity index (χ3n) is 5.53. The quantitative estimate of drug-likeness (QED) is 0.652. The third kappa shape index (κ3) is 6.29. The van der Waals surface area contributed by atoms with Gasteiger partial charge in [0.2, 0.25) is 0 Å². The highest BCUT2D eigenvalue weighted by Gasteiger charge is 2.19. The number of benzene rings is 1. The standard InChI is InChI=1S/C24H30N2O2S/c1-17-12-13-19(15-18(17)2)23(27)26-22(16-21-11-8-14-29-21)24(28)25-20-9-6-4-3-5-7-10-20/h8,11-16,20H,3-7,9-10H2,1-2H3,(H,25,28)(H,26,27)/b22-16+. The van der Waals surface area contributed by atoms with E-state index in [9.17, 15) is 9.59 Å². The van der Waals surface area contributed by atoms with Crippen LogP contribution < -0.4 is 10.6 Å². The summed E-state index contributed by atoms with van der Waals surface area (Å²) < 4.78 is 0. The Bertz CT molecular complexity index is 863. The van der Waals surface area contributed by atoms with Gasteiger partial charge in [-0.2, -0.15) is 0 Å². The lowest BCUT2D eigenvalue weighted by molar-refractivity contribution is -0.118. The number of thiophene rings is 1. The maximum atomic E-state index is 13.0. The van der Waals surface area contributed by atoms with Gasteiger partial charge in [-0.1, -0.05) is 44.2 Å². The highest BCUT2D eigenvalue weighted by atomic mass is 32.1. The summed E-state index contributed by atoms with van der Waals surface area (Å²) in [4.78, 5) is 26.8. The van der Waals surface area contributed by atoms with Gasteiger partial charge in [-0.25, -0.2) is 0 Å². The molecule has 0 unspecified atom stereocenters. The van der Waals surface area contributed by atoms with E-state index < -0.39 is 0 Å². The van der Waals surface area contributed by atoms with E-state index in [0.29, 0.717) is 11.3 Å². The molecule has 1 heterocycles. The molecule has 0 spiro atoms. The van der Waals surface area contributed by atoms with E-state index in [4.69, 9.17) is 0 Å². The van der Waals surface area contributed by atoms with Crippen molar-refractivity contribution in [1.82, 2.24) is 10.6 Å². The maximum Gasteiger partial charge on any atom is 0.268 e. The molecular weight excluding hydrogens is 380 g/mol. The second kappa shape index (κ2) is 10.4. The molecule has 4 nitrogen and oxygen atoms in total. The van der Waals surface area contributed by atoms with E-state index in [1.165, 1.54) is 19.3 Å². The van der Waals surface area contributed by atoms with E-state index >= 15 is 0 Å². The van der Waals surface area contributed by atoms with Gasteiger partial charge in [-0.05, 0) is 67.5 Å². The number of aryl methyl sites for hydroxylation is 2. The van der Waals surface area contributed by atoms with Crippen molar-refractivity contribution in [3.05, 3.63) is 63.0 Å². The first-order chi connectivity index (χ1) is 14.0. The minimum Gasteiger partial charge on any atom is -0.348 e. The van der Waals surface area contributed by atoms with Crippen molar-refractivity contribution in [2.45, 2.75) is 64.8 Å². The molecule has 0 saturated heterocycles. The Labute approximate surface area is 177 Å². The van der Waals surface area contributed by atoms with E-state index in [1.54, 1.807) is 23.5 Å². The van der Waals surface area contributed by atoms with Crippen molar-refractivity contribution in [2.24, 2.45) is 0 Å². The van der Waals surface area contributed by atoms with Crippen LogP contribution in [0.25, 0.3) is 6.08 Å². The fourth-order valence-electron chi connectivity index (χ4n) is 3.61. The summed E-state index contributed by atoms with van der Waals surface area (Å²) in [6.45, 7) is 4.00. The molecule has 1 aromatic carbocycles. The highest BCUT2D eigenvalue weighted by molar-refractivity contribution is 7.10. The number of rotatable bonds is 5. The van der Waals surface area contributed by atoms with Gasteiger partial charge in [-0.3, -0.25) is 9.59 Å². The molecule has 0 radical (unpaired) electrons. The van der Waals surface area contributed by atoms with Crippen LogP contribution in [0.1, 0.15) is 71.3 Å². The Hall–Kier alpha value is -2.40. The zero-order valence-corrected chi connectivity index (χ0v) is 18.1. The van der Waals surface area contributed by atoms with Gasteiger partial charge < -0.3 is 10.6 Å². The summed E-state index contributed by atoms with van der Waals surface area (Å²) in [6, 6.07) is 9.64. The topological polar surface area (TPSA) is 58.2 Å². The Balaban J connectivity index is 1.76. The third-order valence-corrected chi connectivity index (χ3v) is 6.35. The lowest BCUT2D eigenvalue weighted by Gasteiger charge is -2.22. The number of nitrogens with one attached hydrogen (secondary N) is 2. The van der Waals surface area contributed by atoms with Crippen molar-refractivity contribution in [3.8, 4) is 0 Å². The molecule has 2 amide bonds. The second-order valence-corrected chi connectivity index (χ2v) is 8.82. The van der Waals surface area contributed by atoms with Gasteiger partial charge in [-0.15, -0.1) is 11.3 Å². The van der Waals surface area contributed by atoms with E-state index in [1.807, 2.05) is 43.5 Å². The van der Waals surface area contributed by atoms with E-state index in [0.717, 1.165) is 41.7 Å². The molecule has 2 N–H and O–H groups in total. The van der Waals surface area contributed by atoms with Crippen molar-refractivity contribution < 1.29 is 9.59 Å². The molecule has 3 rings (SSSR count). The summed E-state index contributed by atoms with van der Waals surface area (Å²) in [5.74, 6) is -0.468. The van der Waals surface area contributed by atoms with Crippen LogP contribution in [0.5, 0.6) is 0 Å². The molecule has 2 aromatic rings. The van der Waals surface area contributed by atoms with Crippen LogP contribution >= 0.6 is 11.3 Å². The smallest absolute Gasteiger partial charge is 0.268 e. The fourth-order valence-corrected chi connectivity index (χ4v) is 4.27. The van der Waals surface area contributed by atoms with Gasteiger partial charge in [0.25, 0.3) is 11.8 Å². The Kier molecular flexibility index (Phi) is 7.64. The molecule has 0 bridgehead atoms. The predicted molar refractivity (Wildman–Crippen MR) is 120 cm³/mol. The average Bonchev–Trinajstić information content (AvgIpc) is 3.18. The monoisotopic (exact) mass is 410 g/mol. The van der Waals surface area contributed by atoms with Gasteiger partial charge in [0.1, 0.15) is 5.70 Å². The first kappa shape index (κ1) is 21.3. The Morgan fingerprint density at radius 3 is 2.38 bits per heavy atom. The SMILES string of the molecule is Cc1ccc(C(=O)N/C(=C/c2cccs2)C(=O)NC2CCCCCCC2)cc1C. The van der Waals surface area contributed by atoms with Gasteiger partial charge in [0.15, 0.2) is 0 Å². The van der Waals surface area contributed by atoms with Gasteiger partial charge in [0, 0.05) is 16.5 Å². The summed E-state index contributed by atoms with van der Waals surface area (Å²) in [6.07, 6.45) is 9.81. The average molecular weight is 411 g/mol. The van der Waals surface area contributed by atoms with Crippen molar-refractivity contribution in [3.63, 3.8) is 0 Å². The number of hydrogen-bond donors (Lipinski definition) is 2. The minimum atomic E-state index is -0.260. The number of hydrogen-bond acceptors (Lipinski definition) is 3. The highest BCUT2D eigenvalue weighted by Crippen LogP contribution is 2.18. The van der Waals surface area contributed by atoms with Crippen LogP contribution in [-0.2, 0) is 4.79 Å². The number of carbonyl (C=O) groups excluding carboxylic acids is 2. The Morgan fingerprint density at radius 1 is 1.00 bits per heavy atom. The molecule has 1 aromatic heterocycles. The molecule has 154 valence electrons. The molecule has 1 aliphatic carbocycles. The largest absolute Gasteiger partial charge is 0.348 e. The molecule has 5 heteroatoms. The predicted octanol–water partition coefficient (Wildman–Crippen LogP) is 5.36. The van der Waals surface area contributed by atoms with Crippen molar-refractivity contribution in [1.29, 1.82) is 0 Å². The maximum absolute atomic E-state index is 13.0. The van der Waals surface area contributed by atoms with Gasteiger partial charge >= 0.3 is 0 Å². The van der Waals surface area contributed by atoms with Crippen LogP contribution in [0.15, 0.2) is 41.4 Å². The van der Waals surface area contributed by atoms with Crippen LogP contribution in [0.3, 0.4) is 0 Å². The summed E-state index contributed by atoms with van der Waals surface area (Å²) in [5, 5.41) is 7.97. The minimum absolute atomic E-state index is 0.174. The van der Waals surface area contributed by atoms with Crippen LogP contribution in [-0.4, -0.2) is 17.9 Å². The molecule has 1 aliphatic rings. The lowest BCUT2D eigenvalue weighted by atomic mass is 9.96. The van der Waals surface area contributed by atoms with Crippen molar-refractivity contribution >= 4 is 29.2 Å². The van der Waals surface area contributed by atoms with Crippen LogP contribution in [0, 0.1) is 13.8 Å². The molecule has 29 heavy (non-hydrogen) atoms. The molecule has 0 aliphatic heterocycles. The molecule has 0 atom stereocenters. The zero-order chi connectivity index (χ0) is 20.6. The second-order valence-electron chi connectivity index (χ2n) is 7.84. The number of carbonyl (C=O) groups is 2. The van der Waals surface area contributed by atoms with Crippen molar-refractivity contribution in [2.75, 3.05) is 0 Å². The summed E-state index contributed by atoms with van der Waals surface area (Å²) in [7, 11) is 0. The summed E-state index contributed by atoms with van der Waals surface area (Å²) >= 11 is 1.54. The molecule has 1 fully saturated rings. The lowest BCUT2D eigenvalue weighted by Crippen LogP contribution is -2.40. The first-order valence-corrected chi connectivity index (χ1v) is 11.4. The first-order valence-electron chi connectivity index (χ1n) is 10.5. The molecular formula is C24H30N2O2S. The van der Waals surface area contributed by atoms with E-state index in [2.05, 4.69) is 10.6 Å². The van der Waals surface area contributed by atoms with Gasteiger partial charge in [0.05, 0.1) is 0 Å².